The van der Waals surface area contributed by atoms with Crippen LogP contribution in [0.25, 0.3) is 31.7 Å². The smallest absolute Gasteiger partial charge is 0.133 e. The van der Waals surface area contributed by atoms with Gasteiger partial charge in [0.1, 0.15) is 10.8 Å². The zero-order valence-electron chi connectivity index (χ0n) is 17.4. The Morgan fingerprint density at radius 1 is 1.03 bits per heavy atom. The molecular formula is C23H24FN5S. The summed E-state index contributed by atoms with van der Waals surface area (Å²) in [5, 5.41) is 10.2. The normalized spacial score (nSPS) is 16.0. The lowest BCUT2D eigenvalue weighted by Crippen LogP contribution is -2.32. The van der Waals surface area contributed by atoms with E-state index in [1.807, 2.05) is 32.0 Å². The van der Waals surface area contributed by atoms with Gasteiger partial charge in [-0.05, 0) is 70.6 Å². The number of rotatable bonds is 3. The highest BCUT2D eigenvalue weighted by atomic mass is 32.1. The molecule has 1 aliphatic heterocycles. The molecule has 0 aliphatic carbocycles. The molecule has 0 bridgehead atoms. The molecule has 1 aliphatic rings. The number of thiazole rings is 1. The maximum absolute atomic E-state index is 15.1. The van der Waals surface area contributed by atoms with Crippen molar-refractivity contribution in [3.8, 4) is 10.6 Å². The lowest BCUT2D eigenvalue weighted by atomic mass is 9.92. The van der Waals surface area contributed by atoms with Gasteiger partial charge in [-0.15, -0.1) is 11.3 Å². The fourth-order valence-electron chi connectivity index (χ4n) is 4.34. The number of hydrogen-bond acceptors (Lipinski definition) is 6. The largest absolute Gasteiger partial charge is 0.304 e. The highest BCUT2D eigenvalue weighted by Crippen LogP contribution is 2.35. The summed E-state index contributed by atoms with van der Waals surface area (Å²) in [5.41, 5.74) is 5.00. The molecule has 0 unspecified atom stereocenters. The van der Waals surface area contributed by atoms with Gasteiger partial charge in [-0.1, -0.05) is 6.92 Å². The van der Waals surface area contributed by atoms with Crippen LogP contribution in [0.1, 0.15) is 42.8 Å². The number of benzene rings is 1. The highest BCUT2D eigenvalue weighted by molar-refractivity contribution is 7.21. The van der Waals surface area contributed by atoms with Gasteiger partial charge in [0, 0.05) is 22.6 Å². The van der Waals surface area contributed by atoms with Crippen molar-refractivity contribution in [2.24, 2.45) is 0 Å². The van der Waals surface area contributed by atoms with Gasteiger partial charge in [0.25, 0.3) is 0 Å². The Bertz CT molecular complexity index is 1240. The summed E-state index contributed by atoms with van der Waals surface area (Å²) in [4.78, 5) is 11.7. The average molecular weight is 422 g/mol. The second-order valence-electron chi connectivity index (χ2n) is 8.08. The number of nitrogens with zero attached hydrogens (tertiary/aromatic N) is 5. The van der Waals surface area contributed by atoms with Crippen molar-refractivity contribution in [1.29, 1.82) is 0 Å². The second kappa shape index (κ2) is 7.63. The van der Waals surface area contributed by atoms with Crippen LogP contribution >= 0.6 is 11.3 Å². The van der Waals surface area contributed by atoms with Crippen molar-refractivity contribution >= 4 is 32.5 Å². The van der Waals surface area contributed by atoms with E-state index in [-0.39, 0.29) is 5.82 Å². The van der Waals surface area contributed by atoms with E-state index in [4.69, 9.17) is 4.98 Å². The molecule has 0 spiro atoms. The molecule has 4 heterocycles. The molecule has 30 heavy (non-hydrogen) atoms. The summed E-state index contributed by atoms with van der Waals surface area (Å²) in [6, 6.07) is 7.32. The molecule has 0 amide bonds. The molecule has 0 atom stereocenters. The summed E-state index contributed by atoms with van der Waals surface area (Å²) >= 11 is 1.54. The molecular weight excluding hydrogens is 397 g/mol. The number of piperidine rings is 1. The van der Waals surface area contributed by atoms with Crippen LogP contribution in [0.15, 0.2) is 24.3 Å². The van der Waals surface area contributed by atoms with Gasteiger partial charge in [-0.3, -0.25) is 4.98 Å². The minimum absolute atomic E-state index is 0.269. The van der Waals surface area contributed by atoms with Crippen LogP contribution in [0, 0.1) is 19.7 Å². The Morgan fingerprint density at radius 2 is 1.83 bits per heavy atom. The van der Waals surface area contributed by atoms with Gasteiger partial charge >= 0.3 is 0 Å². The monoisotopic (exact) mass is 421 g/mol. The molecule has 5 rings (SSSR count). The summed E-state index contributed by atoms with van der Waals surface area (Å²) < 4.78 is 16.1. The maximum atomic E-state index is 15.1. The van der Waals surface area contributed by atoms with Crippen LogP contribution < -0.4 is 0 Å². The van der Waals surface area contributed by atoms with Gasteiger partial charge < -0.3 is 4.90 Å². The molecule has 1 saturated heterocycles. The first-order valence-corrected chi connectivity index (χ1v) is 11.3. The molecule has 1 fully saturated rings. The van der Waals surface area contributed by atoms with E-state index >= 15 is 4.39 Å². The van der Waals surface area contributed by atoms with E-state index in [9.17, 15) is 0 Å². The molecule has 3 aromatic heterocycles. The minimum Gasteiger partial charge on any atom is -0.304 e. The van der Waals surface area contributed by atoms with E-state index in [1.54, 1.807) is 6.07 Å². The van der Waals surface area contributed by atoms with E-state index in [0.717, 1.165) is 70.3 Å². The summed E-state index contributed by atoms with van der Waals surface area (Å²) in [5.74, 6) is 0.0849. The Kier molecular flexibility index (Phi) is 4.95. The van der Waals surface area contributed by atoms with Crippen molar-refractivity contribution in [3.05, 3.63) is 47.2 Å². The quantitative estimate of drug-likeness (QED) is 0.452. The lowest BCUT2D eigenvalue weighted by molar-refractivity contribution is 0.220. The first kappa shape index (κ1) is 19.5. The molecule has 1 aromatic carbocycles. The fraction of sp³-hybridized carbons (Fsp3) is 0.391. The zero-order chi connectivity index (χ0) is 20.8. The number of hydrogen-bond donors (Lipinski definition) is 0. The van der Waals surface area contributed by atoms with Gasteiger partial charge in [0.15, 0.2) is 0 Å². The topological polar surface area (TPSA) is 54.8 Å². The molecule has 5 nitrogen and oxygen atoms in total. The first-order chi connectivity index (χ1) is 14.5. The fourth-order valence-corrected chi connectivity index (χ4v) is 5.32. The van der Waals surface area contributed by atoms with Crippen LogP contribution in [0.3, 0.4) is 0 Å². The summed E-state index contributed by atoms with van der Waals surface area (Å²) in [6.07, 6.45) is 2.10. The summed E-state index contributed by atoms with van der Waals surface area (Å²) in [6.45, 7) is 9.33. The van der Waals surface area contributed by atoms with E-state index in [0.29, 0.717) is 16.8 Å². The summed E-state index contributed by atoms with van der Waals surface area (Å²) in [7, 11) is 0. The third-order valence-corrected chi connectivity index (χ3v) is 7.27. The Balaban J connectivity index is 1.51. The number of aromatic nitrogens is 4. The Labute approximate surface area is 179 Å². The Morgan fingerprint density at radius 3 is 2.60 bits per heavy atom. The van der Waals surface area contributed by atoms with Gasteiger partial charge in [0.2, 0.25) is 0 Å². The molecule has 154 valence electrons. The van der Waals surface area contributed by atoms with Gasteiger partial charge in [0.05, 0.1) is 27.1 Å². The number of halogens is 1. The first-order valence-electron chi connectivity index (χ1n) is 10.5. The zero-order valence-corrected chi connectivity index (χ0v) is 18.3. The lowest BCUT2D eigenvalue weighted by Gasteiger charge is -2.30. The maximum Gasteiger partial charge on any atom is 0.133 e. The van der Waals surface area contributed by atoms with E-state index in [1.165, 1.54) is 11.3 Å². The second-order valence-corrected chi connectivity index (χ2v) is 9.08. The Hall–Kier alpha value is -2.51. The van der Waals surface area contributed by atoms with Crippen LogP contribution in [0.4, 0.5) is 4.39 Å². The van der Waals surface area contributed by atoms with Crippen molar-refractivity contribution in [2.75, 3.05) is 19.6 Å². The standard InChI is InChI=1S/C23H24FN5S/c1-4-29-7-5-15(6-8-29)19-12-17-18(24)10-16(11-20(17)28-27-19)23-26-21-9-13(2)25-14(3)22(21)30-23/h9-12,15H,4-8H2,1-3H3. The van der Waals surface area contributed by atoms with Crippen LogP contribution in [0.5, 0.6) is 0 Å². The van der Waals surface area contributed by atoms with Crippen LogP contribution in [-0.2, 0) is 0 Å². The number of likely N-dealkylation sites (tertiary alicyclic amines) is 1. The molecule has 0 radical (unpaired) electrons. The van der Waals surface area contributed by atoms with Crippen molar-refractivity contribution < 1.29 is 4.39 Å². The van der Waals surface area contributed by atoms with Crippen LogP contribution in [-0.4, -0.2) is 44.7 Å². The van der Waals surface area contributed by atoms with E-state index < -0.39 is 0 Å². The average Bonchev–Trinajstić information content (AvgIpc) is 3.18. The SMILES string of the molecule is CCN1CCC(c2cc3c(F)cc(-c4nc5cc(C)nc(C)c5s4)cc3nn2)CC1. The van der Waals surface area contributed by atoms with Crippen molar-refractivity contribution in [1.82, 2.24) is 25.1 Å². The molecule has 0 saturated carbocycles. The number of fused-ring (bicyclic) bond motifs is 2. The predicted octanol–water partition coefficient (Wildman–Crippen LogP) is 5.26. The number of aryl methyl sites for hydroxylation is 2. The van der Waals surface area contributed by atoms with Gasteiger partial charge in [-0.25, -0.2) is 9.37 Å². The van der Waals surface area contributed by atoms with Crippen LogP contribution in [0.2, 0.25) is 0 Å². The third kappa shape index (κ3) is 3.46. The minimum atomic E-state index is -0.269. The van der Waals surface area contributed by atoms with Gasteiger partial charge in [-0.2, -0.15) is 10.2 Å². The molecule has 7 heteroatoms. The molecule has 4 aromatic rings. The highest BCUT2D eigenvalue weighted by Gasteiger charge is 2.22. The van der Waals surface area contributed by atoms with Crippen molar-refractivity contribution in [3.63, 3.8) is 0 Å². The third-order valence-electron chi connectivity index (χ3n) is 6.04. The molecule has 0 N–H and O–H groups in total. The van der Waals surface area contributed by atoms with E-state index in [2.05, 4.69) is 27.0 Å². The van der Waals surface area contributed by atoms with Crippen molar-refractivity contribution in [2.45, 2.75) is 39.5 Å². The number of pyridine rings is 1. The predicted molar refractivity (Wildman–Crippen MR) is 119 cm³/mol.